The van der Waals surface area contributed by atoms with E-state index in [2.05, 4.69) is 16.9 Å². The lowest BCUT2D eigenvalue weighted by Crippen LogP contribution is -2.30. The van der Waals surface area contributed by atoms with E-state index in [1.165, 1.54) is 19.3 Å². The molecule has 0 amide bonds. The van der Waals surface area contributed by atoms with Gasteiger partial charge in [0, 0.05) is 12.4 Å². The summed E-state index contributed by atoms with van der Waals surface area (Å²) in [5.74, 6) is 1.52. The fraction of sp³-hybridized carbons (Fsp3) is 0.667. The number of aromatic nitrogens is 2. The second-order valence-electron chi connectivity index (χ2n) is 4.36. The van der Waals surface area contributed by atoms with E-state index in [0.29, 0.717) is 17.6 Å². The molecule has 0 radical (unpaired) electrons. The molecule has 4 heteroatoms. The Morgan fingerprint density at radius 1 is 1.31 bits per heavy atom. The smallest absolute Gasteiger partial charge is 0.257 e. The van der Waals surface area contributed by atoms with E-state index >= 15 is 0 Å². The molecule has 16 heavy (non-hydrogen) atoms. The molecule has 4 nitrogen and oxygen atoms in total. The highest BCUT2D eigenvalue weighted by molar-refractivity contribution is 5.38. The van der Waals surface area contributed by atoms with Crippen LogP contribution in [0.15, 0.2) is 12.4 Å². The highest BCUT2D eigenvalue weighted by Crippen LogP contribution is 2.30. The van der Waals surface area contributed by atoms with E-state index in [1.807, 2.05) is 0 Å². The zero-order valence-corrected chi connectivity index (χ0v) is 9.72. The van der Waals surface area contributed by atoms with E-state index in [4.69, 9.17) is 10.5 Å². The van der Waals surface area contributed by atoms with Gasteiger partial charge in [0.25, 0.3) is 5.88 Å². The van der Waals surface area contributed by atoms with Gasteiger partial charge in [-0.05, 0) is 31.6 Å². The summed E-state index contributed by atoms with van der Waals surface area (Å²) in [7, 11) is 0. The second-order valence-corrected chi connectivity index (χ2v) is 4.36. The maximum Gasteiger partial charge on any atom is 0.257 e. The molecule has 1 saturated carbocycles. The number of nitrogens with two attached hydrogens (primary N) is 1. The highest BCUT2D eigenvalue weighted by Gasteiger charge is 2.26. The molecule has 1 aromatic heterocycles. The van der Waals surface area contributed by atoms with Gasteiger partial charge in [0.05, 0.1) is 0 Å². The van der Waals surface area contributed by atoms with Crippen molar-refractivity contribution in [3.05, 3.63) is 12.4 Å². The lowest BCUT2D eigenvalue weighted by molar-refractivity contribution is 0.0863. The van der Waals surface area contributed by atoms with Crippen LogP contribution in [-0.2, 0) is 0 Å². The number of anilines is 1. The van der Waals surface area contributed by atoms with Crippen LogP contribution in [-0.4, -0.2) is 16.1 Å². The molecule has 1 heterocycles. The fourth-order valence-corrected chi connectivity index (χ4v) is 2.37. The minimum atomic E-state index is 0.262. The van der Waals surface area contributed by atoms with Crippen LogP contribution in [0.25, 0.3) is 0 Å². The molecule has 0 aliphatic heterocycles. The van der Waals surface area contributed by atoms with Crippen LogP contribution in [0.5, 0.6) is 5.88 Å². The molecule has 0 aromatic carbocycles. The van der Waals surface area contributed by atoms with Gasteiger partial charge in [0.15, 0.2) is 5.82 Å². The van der Waals surface area contributed by atoms with Gasteiger partial charge in [-0.25, -0.2) is 9.97 Å². The summed E-state index contributed by atoms with van der Waals surface area (Å²) >= 11 is 0. The number of nitrogen functional groups attached to an aromatic ring is 1. The van der Waals surface area contributed by atoms with Gasteiger partial charge in [0.1, 0.15) is 6.10 Å². The predicted octanol–water partition coefficient (Wildman–Crippen LogP) is 2.41. The molecule has 0 bridgehead atoms. The summed E-state index contributed by atoms with van der Waals surface area (Å²) < 4.78 is 5.89. The molecule has 1 aliphatic rings. The monoisotopic (exact) mass is 221 g/mol. The summed E-state index contributed by atoms with van der Waals surface area (Å²) in [6, 6.07) is 0. The number of rotatable bonds is 3. The predicted molar refractivity (Wildman–Crippen MR) is 63.1 cm³/mol. The SMILES string of the molecule is CCC1CCCCC1Oc1nccnc1N. The van der Waals surface area contributed by atoms with Gasteiger partial charge in [-0.15, -0.1) is 0 Å². The lowest BCUT2D eigenvalue weighted by atomic mass is 9.85. The van der Waals surface area contributed by atoms with E-state index in [1.54, 1.807) is 12.4 Å². The molecule has 88 valence electrons. The third-order valence-electron chi connectivity index (χ3n) is 3.32. The van der Waals surface area contributed by atoms with Gasteiger partial charge >= 0.3 is 0 Å². The van der Waals surface area contributed by atoms with E-state index in [-0.39, 0.29) is 6.10 Å². The summed E-state index contributed by atoms with van der Waals surface area (Å²) in [6.07, 6.45) is 9.53. The minimum absolute atomic E-state index is 0.262. The van der Waals surface area contributed by atoms with Crippen molar-refractivity contribution in [2.45, 2.75) is 45.1 Å². The zero-order valence-electron chi connectivity index (χ0n) is 9.72. The average Bonchev–Trinajstić information content (AvgIpc) is 2.33. The van der Waals surface area contributed by atoms with Gasteiger partial charge in [-0.2, -0.15) is 0 Å². The van der Waals surface area contributed by atoms with Gasteiger partial charge in [0.2, 0.25) is 0 Å². The minimum Gasteiger partial charge on any atom is -0.471 e. The summed E-state index contributed by atoms with van der Waals surface area (Å²) in [6.45, 7) is 2.21. The second kappa shape index (κ2) is 5.14. The van der Waals surface area contributed by atoms with Crippen LogP contribution >= 0.6 is 0 Å². The van der Waals surface area contributed by atoms with Crippen molar-refractivity contribution in [1.82, 2.24) is 9.97 Å². The Morgan fingerprint density at radius 3 is 2.81 bits per heavy atom. The van der Waals surface area contributed by atoms with Crippen LogP contribution in [0.2, 0.25) is 0 Å². The largest absolute Gasteiger partial charge is 0.471 e. The van der Waals surface area contributed by atoms with E-state index in [0.717, 1.165) is 12.8 Å². The molecular weight excluding hydrogens is 202 g/mol. The van der Waals surface area contributed by atoms with Crippen molar-refractivity contribution in [3.63, 3.8) is 0 Å². The van der Waals surface area contributed by atoms with Crippen molar-refractivity contribution in [3.8, 4) is 5.88 Å². The molecule has 2 N–H and O–H groups in total. The van der Waals surface area contributed by atoms with Crippen LogP contribution in [0, 0.1) is 5.92 Å². The van der Waals surface area contributed by atoms with Crippen LogP contribution in [0.4, 0.5) is 5.82 Å². The zero-order chi connectivity index (χ0) is 11.4. The third-order valence-corrected chi connectivity index (χ3v) is 3.32. The van der Waals surface area contributed by atoms with Crippen LogP contribution < -0.4 is 10.5 Å². The van der Waals surface area contributed by atoms with E-state index in [9.17, 15) is 0 Å². The Bertz CT molecular complexity index is 343. The van der Waals surface area contributed by atoms with Crippen LogP contribution in [0.3, 0.4) is 0 Å². The normalized spacial score (nSPS) is 25.3. The number of ether oxygens (including phenoxy) is 1. The fourth-order valence-electron chi connectivity index (χ4n) is 2.37. The maximum absolute atomic E-state index is 5.89. The molecule has 1 aromatic rings. The average molecular weight is 221 g/mol. The van der Waals surface area contributed by atoms with E-state index < -0.39 is 0 Å². The van der Waals surface area contributed by atoms with Crippen molar-refractivity contribution in [2.24, 2.45) is 5.92 Å². The first-order valence-corrected chi connectivity index (χ1v) is 6.04. The first-order chi connectivity index (χ1) is 7.81. The first-order valence-electron chi connectivity index (χ1n) is 6.04. The Hall–Kier alpha value is -1.32. The van der Waals surface area contributed by atoms with Crippen molar-refractivity contribution < 1.29 is 4.74 Å². The van der Waals surface area contributed by atoms with Gasteiger partial charge < -0.3 is 10.5 Å². The Balaban J connectivity index is 2.05. The number of hydrogen-bond donors (Lipinski definition) is 1. The molecule has 0 saturated heterocycles. The highest BCUT2D eigenvalue weighted by atomic mass is 16.5. The topological polar surface area (TPSA) is 61.0 Å². The summed E-state index contributed by atoms with van der Waals surface area (Å²) in [4.78, 5) is 8.12. The molecule has 0 spiro atoms. The third kappa shape index (κ3) is 2.43. The molecule has 1 fully saturated rings. The van der Waals surface area contributed by atoms with Gasteiger partial charge in [-0.1, -0.05) is 13.3 Å². The van der Waals surface area contributed by atoms with Gasteiger partial charge in [-0.3, -0.25) is 0 Å². The van der Waals surface area contributed by atoms with Crippen molar-refractivity contribution in [1.29, 1.82) is 0 Å². The number of nitrogens with zero attached hydrogens (tertiary/aromatic N) is 2. The molecule has 2 unspecified atom stereocenters. The molecule has 2 rings (SSSR count). The summed E-state index contributed by atoms with van der Waals surface area (Å²) in [5, 5.41) is 0. The number of hydrogen-bond acceptors (Lipinski definition) is 4. The lowest BCUT2D eigenvalue weighted by Gasteiger charge is -2.30. The molecular formula is C12H19N3O. The summed E-state index contributed by atoms with van der Waals surface area (Å²) in [5.41, 5.74) is 5.73. The molecule has 1 aliphatic carbocycles. The Morgan fingerprint density at radius 2 is 2.06 bits per heavy atom. The van der Waals surface area contributed by atoms with Crippen LogP contribution in [0.1, 0.15) is 39.0 Å². The maximum atomic E-state index is 5.89. The Kier molecular flexibility index (Phi) is 3.59. The molecule has 2 atom stereocenters. The van der Waals surface area contributed by atoms with Crippen molar-refractivity contribution >= 4 is 5.82 Å². The Labute approximate surface area is 96.2 Å². The quantitative estimate of drug-likeness (QED) is 0.851. The van der Waals surface area contributed by atoms with Crippen molar-refractivity contribution in [2.75, 3.05) is 5.73 Å². The first kappa shape index (κ1) is 11.2. The standard InChI is InChI=1S/C12H19N3O/c1-2-9-5-3-4-6-10(9)16-12-11(13)14-7-8-15-12/h7-10H,2-6H2,1H3,(H2,13,14).